The number of esters is 1. The molecule has 1 fully saturated rings. The highest BCUT2D eigenvalue weighted by Crippen LogP contribution is 2.31. The van der Waals surface area contributed by atoms with Crippen LogP contribution < -0.4 is 10.3 Å². The first kappa shape index (κ1) is 14.7. The topological polar surface area (TPSA) is 88.1 Å². The molecular formula is C14H12BrN3O4. The Morgan fingerprint density at radius 3 is 2.86 bits per heavy atom. The number of fused-ring (bicyclic) bond motifs is 1. The Balaban J connectivity index is 1.93. The number of benzene rings is 1. The second-order valence-corrected chi connectivity index (χ2v) is 5.71. The second kappa shape index (κ2) is 5.53. The summed E-state index contributed by atoms with van der Waals surface area (Å²) in [6.07, 6.45) is 0. The zero-order chi connectivity index (χ0) is 15.9. The predicted octanol–water partition coefficient (Wildman–Crippen LogP) is 0.829. The lowest BCUT2D eigenvalue weighted by atomic mass is 9.99. The van der Waals surface area contributed by atoms with Gasteiger partial charge in [-0.15, -0.1) is 0 Å². The van der Waals surface area contributed by atoms with Crippen LogP contribution in [0.1, 0.15) is 6.92 Å². The Kier molecular flexibility index (Phi) is 3.69. The third-order valence-corrected chi connectivity index (χ3v) is 3.97. The number of hydrogen-bond donors (Lipinski definition) is 1. The predicted molar refractivity (Wildman–Crippen MR) is 81.1 cm³/mol. The lowest BCUT2D eigenvalue weighted by molar-refractivity contribution is -0.136. The van der Waals surface area contributed by atoms with Gasteiger partial charge >= 0.3 is 5.97 Å². The van der Waals surface area contributed by atoms with E-state index in [0.29, 0.717) is 5.69 Å². The number of imide groups is 1. The summed E-state index contributed by atoms with van der Waals surface area (Å²) in [4.78, 5) is 38.0. The Morgan fingerprint density at radius 2 is 2.18 bits per heavy atom. The molecule has 2 aliphatic rings. The number of nitrogens with zero attached hydrogens (tertiary/aromatic N) is 2. The van der Waals surface area contributed by atoms with Crippen molar-refractivity contribution < 1.29 is 19.1 Å². The van der Waals surface area contributed by atoms with Crippen molar-refractivity contribution in [2.45, 2.75) is 13.0 Å². The summed E-state index contributed by atoms with van der Waals surface area (Å²) < 4.78 is 5.62. The molecule has 0 spiro atoms. The van der Waals surface area contributed by atoms with Gasteiger partial charge in [0.05, 0.1) is 12.3 Å². The first-order valence-corrected chi connectivity index (χ1v) is 7.47. The molecule has 0 aromatic heterocycles. The van der Waals surface area contributed by atoms with E-state index in [0.717, 1.165) is 9.37 Å². The minimum Gasteiger partial charge on any atom is -0.461 e. The van der Waals surface area contributed by atoms with Gasteiger partial charge in [0.25, 0.3) is 5.91 Å². The Morgan fingerprint density at radius 1 is 1.41 bits per heavy atom. The van der Waals surface area contributed by atoms with Crippen molar-refractivity contribution in [3.63, 3.8) is 0 Å². The molecule has 0 saturated carbocycles. The maximum atomic E-state index is 12.6. The van der Waals surface area contributed by atoms with Crippen LogP contribution in [0.2, 0.25) is 0 Å². The summed E-state index contributed by atoms with van der Waals surface area (Å²) in [5.41, 5.74) is 2.96. The molecule has 1 saturated heterocycles. The monoisotopic (exact) mass is 365 g/mol. The quantitative estimate of drug-likeness (QED) is 0.633. The van der Waals surface area contributed by atoms with Gasteiger partial charge in [-0.2, -0.15) is 5.10 Å². The Hall–Kier alpha value is -2.22. The van der Waals surface area contributed by atoms with Crippen molar-refractivity contribution in [3.05, 3.63) is 28.7 Å². The second-order valence-electron chi connectivity index (χ2n) is 4.79. The van der Waals surface area contributed by atoms with E-state index in [4.69, 9.17) is 4.74 Å². The van der Waals surface area contributed by atoms with Crippen molar-refractivity contribution >= 4 is 45.1 Å². The molecule has 114 valence electrons. The largest absolute Gasteiger partial charge is 0.461 e. The molecule has 7 nitrogen and oxygen atoms in total. The normalized spacial score (nSPS) is 23.2. The van der Waals surface area contributed by atoms with Gasteiger partial charge < -0.3 is 4.74 Å². The van der Waals surface area contributed by atoms with Crippen LogP contribution in [-0.2, 0) is 19.1 Å². The number of carbonyl (C=O) groups is 3. The summed E-state index contributed by atoms with van der Waals surface area (Å²) in [7, 11) is 0. The van der Waals surface area contributed by atoms with Crippen LogP contribution in [0.25, 0.3) is 0 Å². The molecule has 0 radical (unpaired) electrons. The third-order valence-electron chi connectivity index (χ3n) is 3.48. The maximum Gasteiger partial charge on any atom is 0.355 e. The van der Waals surface area contributed by atoms with Crippen molar-refractivity contribution in [2.75, 3.05) is 11.5 Å². The highest BCUT2D eigenvalue weighted by molar-refractivity contribution is 9.10. The zero-order valence-corrected chi connectivity index (χ0v) is 13.2. The number of nitrogens with one attached hydrogen (secondary N) is 1. The van der Waals surface area contributed by atoms with Crippen LogP contribution in [0.4, 0.5) is 5.69 Å². The van der Waals surface area contributed by atoms with Gasteiger partial charge in [-0.25, -0.2) is 9.69 Å². The summed E-state index contributed by atoms with van der Waals surface area (Å²) in [6.45, 7) is 1.83. The molecule has 2 atom stereocenters. The van der Waals surface area contributed by atoms with Crippen LogP contribution in [-0.4, -0.2) is 36.1 Å². The van der Waals surface area contributed by atoms with Gasteiger partial charge in [0.1, 0.15) is 12.0 Å². The molecule has 22 heavy (non-hydrogen) atoms. The molecule has 0 bridgehead atoms. The summed E-state index contributed by atoms with van der Waals surface area (Å²) in [6, 6.07) is 5.98. The van der Waals surface area contributed by atoms with Crippen LogP contribution in [0, 0.1) is 5.92 Å². The van der Waals surface area contributed by atoms with E-state index < -0.39 is 29.7 Å². The lowest BCUT2D eigenvalue weighted by Crippen LogP contribution is -2.36. The van der Waals surface area contributed by atoms with E-state index in [-0.39, 0.29) is 12.3 Å². The van der Waals surface area contributed by atoms with E-state index in [1.165, 1.54) is 0 Å². The number of carbonyl (C=O) groups excluding carboxylic acids is 3. The van der Waals surface area contributed by atoms with Crippen molar-refractivity contribution in [3.8, 4) is 0 Å². The van der Waals surface area contributed by atoms with Gasteiger partial charge in [0.2, 0.25) is 5.91 Å². The first-order chi connectivity index (χ1) is 10.5. The molecular weight excluding hydrogens is 354 g/mol. The lowest BCUT2D eigenvalue weighted by Gasteiger charge is -2.15. The maximum absolute atomic E-state index is 12.6. The van der Waals surface area contributed by atoms with Crippen LogP contribution >= 0.6 is 15.9 Å². The van der Waals surface area contributed by atoms with E-state index in [9.17, 15) is 14.4 Å². The highest BCUT2D eigenvalue weighted by atomic mass is 79.9. The fourth-order valence-electron chi connectivity index (χ4n) is 2.53. The summed E-state index contributed by atoms with van der Waals surface area (Å²) in [5, 5.41) is 3.80. The molecule has 2 heterocycles. The minimum atomic E-state index is -0.939. The summed E-state index contributed by atoms with van der Waals surface area (Å²) >= 11 is 3.30. The van der Waals surface area contributed by atoms with Crippen molar-refractivity contribution in [1.29, 1.82) is 0 Å². The molecule has 2 amide bonds. The number of rotatable bonds is 3. The number of anilines is 1. The smallest absolute Gasteiger partial charge is 0.355 e. The molecule has 1 aromatic carbocycles. The highest BCUT2D eigenvalue weighted by Gasteiger charge is 2.55. The zero-order valence-electron chi connectivity index (χ0n) is 11.6. The van der Waals surface area contributed by atoms with Gasteiger partial charge in [-0.3, -0.25) is 15.0 Å². The van der Waals surface area contributed by atoms with E-state index in [2.05, 4.69) is 26.5 Å². The molecule has 2 aliphatic heterocycles. The average molecular weight is 366 g/mol. The molecule has 1 aromatic rings. The van der Waals surface area contributed by atoms with E-state index in [1.54, 1.807) is 31.2 Å². The summed E-state index contributed by atoms with van der Waals surface area (Å²) in [5.74, 6) is -2.54. The first-order valence-electron chi connectivity index (χ1n) is 6.68. The van der Waals surface area contributed by atoms with Crippen molar-refractivity contribution in [1.82, 2.24) is 5.43 Å². The van der Waals surface area contributed by atoms with E-state index >= 15 is 0 Å². The fourth-order valence-corrected chi connectivity index (χ4v) is 2.92. The Labute approximate surface area is 134 Å². The van der Waals surface area contributed by atoms with Crippen LogP contribution in [0.3, 0.4) is 0 Å². The molecule has 3 rings (SSSR count). The van der Waals surface area contributed by atoms with Crippen molar-refractivity contribution in [2.24, 2.45) is 11.0 Å². The minimum absolute atomic E-state index is 0.0531. The number of ether oxygens (including phenoxy) is 1. The third kappa shape index (κ3) is 2.19. The number of hydrogen-bond acceptors (Lipinski definition) is 6. The van der Waals surface area contributed by atoms with E-state index in [1.807, 2.05) is 0 Å². The van der Waals surface area contributed by atoms with Gasteiger partial charge in [0.15, 0.2) is 5.71 Å². The average Bonchev–Trinajstić information content (AvgIpc) is 3.01. The van der Waals surface area contributed by atoms with Gasteiger partial charge in [-0.1, -0.05) is 22.0 Å². The van der Waals surface area contributed by atoms with Crippen LogP contribution in [0.5, 0.6) is 0 Å². The van der Waals surface area contributed by atoms with Gasteiger partial charge in [-0.05, 0) is 25.1 Å². The fraction of sp³-hybridized carbons (Fsp3) is 0.286. The SMILES string of the molecule is CCOC(=O)C1=NN[C@H]2C(=O)N(c3cccc(Br)c3)C(=O)[C@H]12. The number of amides is 2. The molecule has 0 aliphatic carbocycles. The Bertz CT molecular complexity index is 703. The van der Waals surface area contributed by atoms with Gasteiger partial charge in [0, 0.05) is 4.47 Å². The molecule has 0 unspecified atom stereocenters. The number of hydrazone groups is 1. The molecule has 8 heteroatoms. The van der Waals surface area contributed by atoms with Crippen LogP contribution in [0.15, 0.2) is 33.8 Å². The molecule has 1 N–H and O–H groups in total. The number of halogens is 1. The standard InChI is InChI=1S/C14H12BrN3O4/c1-2-22-14(21)11-9-10(16-17-11)13(20)18(12(9)19)8-5-3-4-7(15)6-8/h3-6,9-10,16H,2H2,1H3/t9-,10+/m0/s1.